The molecule has 12 N–H and O–H groups in total. The maximum absolute atomic E-state index is 15.1. The van der Waals surface area contributed by atoms with E-state index in [0.717, 1.165) is 11.1 Å². The van der Waals surface area contributed by atoms with Crippen LogP contribution in [0.2, 0.25) is 0 Å². The van der Waals surface area contributed by atoms with Crippen LogP contribution in [0.3, 0.4) is 0 Å². The van der Waals surface area contributed by atoms with Gasteiger partial charge in [-0.05, 0) is 225 Å². The molecule has 0 bridgehead atoms. The Morgan fingerprint density at radius 3 is 1.92 bits per heavy atom. The number of unbranched alkanes of at least 4 members (excludes halogenated alkanes) is 1. The Bertz CT molecular complexity index is 5770. The Balaban J connectivity index is 0.863. The molecule has 2 aliphatic rings. The van der Waals surface area contributed by atoms with Gasteiger partial charge in [0.2, 0.25) is 5.91 Å². The van der Waals surface area contributed by atoms with E-state index in [4.69, 9.17) is 0 Å². The highest BCUT2D eigenvalue weighted by atomic mass is 32.2. The van der Waals surface area contributed by atoms with Crippen molar-refractivity contribution in [3.05, 3.63) is 207 Å². The van der Waals surface area contributed by atoms with Gasteiger partial charge in [0.1, 0.15) is 12.1 Å². The minimum absolute atomic E-state index is 0.0175. The lowest BCUT2D eigenvalue weighted by Crippen LogP contribution is -2.44. The Morgan fingerprint density at radius 2 is 1.27 bits per heavy atom. The summed E-state index contributed by atoms with van der Waals surface area (Å²) < 4.78 is 138. The second-order valence-corrected chi connectivity index (χ2v) is 35.3. The molecule has 2 aromatic heterocycles. The first kappa shape index (κ1) is 84.5. The largest absolute Gasteiger partial charge is 0.480 e. The minimum atomic E-state index is -4.66. The molecule has 0 saturated heterocycles. The molecule has 3 heterocycles. The number of H-pyrrole nitrogens is 1. The van der Waals surface area contributed by atoms with Gasteiger partial charge in [-0.1, -0.05) is 62.4 Å². The zero-order valence-electron chi connectivity index (χ0n) is 62.3. The quantitative estimate of drug-likeness (QED) is 0.0101. The molecular weight excluding hydrogens is 1540 g/mol. The summed E-state index contributed by atoms with van der Waals surface area (Å²) in [6.45, 7) is 10.3. The van der Waals surface area contributed by atoms with Crippen LogP contribution >= 0.6 is 0 Å². The monoisotopic (exact) mass is 1630 g/mol. The number of anilines is 3. The maximum atomic E-state index is 15.1. The highest BCUT2D eigenvalue weighted by molar-refractivity contribution is 7.87. The molecule has 1 aliphatic carbocycles. The van der Waals surface area contributed by atoms with E-state index in [-0.39, 0.29) is 91.9 Å². The van der Waals surface area contributed by atoms with Crippen LogP contribution in [-0.4, -0.2) is 160 Å². The number of carboxylic acid groups (broad SMARTS) is 2. The van der Waals surface area contributed by atoms with Crippen LogP contribution in [0.25, 0.3) is 38.3 Å². The van der Waals surface area contributed by atoms with Crippen LogP contribution in [-0.2, 0) is 77.0 Å². The lowest BCUT2D eigenvalue weighted by Gasteiger charge is -2.29. The summed E-state index contributed by atoms with van der Waals surface area (Å²) in [5.41, 5.74) is 4.47. The van der Waals surface area contributed by atoms with Gasteiger partial charge in [0, 0.05) is 65.4 Å². The zero-order valence-corrected chi connectivity index (χ0v) is 65.6. The molecule has 0 fully saturated rings. The number of carbonyl (C=O) groups is 6. The first-order chi connectivity index (χ1) is 53.1. The summed E-state index contributed by atoms with van der Waals surface area (Å²) in [5.74, 6) is -5.25. The van der Waals surface area contributed by atoms with E-state index in [0.29, 0.717) is 91.5 Å². The molecule has 0 spiro atoms. The summed E-state index contributed by atoms with van der Waals surface area (Å²) >= 11 is 0. The number of ketones is 1. The number of nitrogens with zero attached hydrogens (tertiary/aromatic N) is 4. The molecule has 598 valence electrons. The number of benzene rings is 6. The van der Waals surface area contributed by atoms with Crippen molar-refractivity contribution in [3.8, 4) is 0 Å². The number of hydrogen-bond donors (Lipinski definition) is 12. The fourth-order valence-corrected chi connectivity index (χ4v) is 15.7. The van der Waals surface area contributed by atoms with Gasteiger partial charge >= 0.3 is 11.9 Å². The van der Waals surface area contributed by atoms with Crippen molar-refractivity contribution in [3.63, 3.8) is 0 Å². The average molecular weight is 1630 g/mol. The van der Waals surface area contributed by atoms with Crippen LogP contribution in [0, 0.1) is 0 Å². The highest BCUT2D eigenvalue weighted by Crippen LogP contribution is 2.52. The van der Waals surface area contributed by atoms with Gasteiger partial charge < -0.3 is 46.7 Å². The average Bonchev–Trinajstić information content (AvgIpc) is 1.62. The van der Waals surface area contributed by atoms with E-state index < -0.39 is 126 Å². The number of allylic oxidation sites excluding steroid dienone is 8. The molecule has 6 aromatic carbocycles. The van der Waals surface area contributed by atoms with Crippen LogP contribution in [0.15, 0.2) is 177 Å². The lowest BCUT2D eigenvalue weighted by atomic mass is 9.76. The first-order valence-electron chi connectivity index (χ1n) is 36.0. The van der Waals surface area contributed by atoms with E-state index >= 15 is 4.79 Å². The Hall–Kier alpha value is -10.9. The normalized spacial score (nSPS) is 15.9. The molecule has 0 radical (unpaired) electrons. The molecule has 3 amide bonds. The molecule has 8 aromatic rings. The number of amides is 3. The molecular formula is C78H86N10O21S4. The van der Waals surface area contributed by atoms with Gasteiger partial charge in [0.25, 0.3) is 57.8 Å². The van der Waals surface area contributed by atoms with E-state index in [1.807, 2.05) is 30.9 Å². The summed E-state index contributed by atoms with van der Waals surface area (Å²) in [7, 11) is -18.1. The number of carboxylic acids is 2. The van der Waals surface area contributed by atoms with Crippen LogP contribution < -0.4 is 37.0 Å². The van der Waals surface area contributed by atoms with Gasteiger partial charge in [-0.25, -0.2) is 24.5 Å². The number of nitrogens with one attached hydrogen (secondary N) is 6. The number of fused-ring (bicyclic) bond motifs is 5. The number of carbonyl (C=O) groups excluding carboxylic acids is 4. The maximum Gasteiger partial charge on any atom is 0.326 e. The Labute approximate surface area is 651 Å². The predicted molar refractivity (Wildman–Crippen MR) is 424 cm³/mol. The number of aromatic nitrogens is 4. The topological polar surface area (TPSA) is 495 Å². The molecule has 1 aliphatic heterocycles. The van der Waals surface area contributed by atoms with Gasteiger partial charge in [-0.2, -0.15) is 33.7 Å². The zero-order chi connectivity index (χ0) is 82.3. The van der Waals surface area contributed by atoms with Crippen molar-refractivity contribution in [2.24, 2.45) is 0 Å². The highest BCUT2D eigenvalue weighted by Gasteiger charge is 2.42. The number of rotatable bonds is 34. The molecule has 31 nitrogen and oxygen atoms in total. The smallest absolute Gasteiger partial charge is 0.326 e. The summed E-state index contributed by atoms with van der Waals surface area (Å²) in [6.07, 6.45) is 10.6. The second-order valence-electron chi connectivity index (χ2n) is 28.8. The van der Waals surface area contributed by atoms with Crippen LogP contribution in [0.4, 0.5) is 17.1 Å². The number of aliphatic carboxylic acids is 2. The van der Waals surface area contributed by atoms with Gasteiger partial charge in [-0.3, -0.25) is 42.2 Å². The number of aromatic amines is 1. The molecule has 35 heteroatoms. The van der Waals surface area contributed by atoms with Crippen LogP contribution in [0.5, 0.6) is 0 Å². The molecule has 113 heavy (non-hydrogen) atoms. The Kier molecular flexibility index (Phi) is 25.9. The van der Waals surface area contributed by atoms with Crippen molar-refractivity contribution < 1.29 is 90.9 Å². The Morgan fingerprint density at radius 1 is 0.664 bits per heavy atom. The first-order valence-corrected chi connectivity index (χ1v) is 41.9. The third kappa shape index (κ3) is 20.3. The van der Waals surface area contributed by atoms with Crippen molar-refractivity contribution in [1.29, 1.82) is 0 Å². The van der Waals surface area contributed by atoms with Crippen molar-refractivity contribution in [1.82, 2.24) is 35.9 Å². The molecule has 4 unspecified atom stereocenters. The standard InChI is InChI=1S/C78H86N10O21S4/c1-45(110(98,99)100)35-38-79-60-29-19-52-40-56(112(104,105)106)25-27-58(52)68(60)78(5,6)65(89)33-22-48-11-9-10-47(21-32-64-77(3,4)69-59-28-26-57(113(107,108)109)41-53(59)20-31-63(69)88(64)39-36-46(2)111(101,102)103)67(48)49-13-15-50(16-14-49)72(91)80-37-8-7-12-61(75(94)95)86-66(90)34-30-62(76(96)97)87-73(92)51-17-23-54(24-18-51)81-42-55-43-82-71-70(85-55)74(93)84-44-83-71/h13-29,31-33,40-41,43-46,61-62,79,81H,7-12,30,34-39,42H2,1-6H3,(H,80,91)(H,86,90)(H,87,92)(H,94,95)(H,96,97)(H,98,99,100)(H,101,102,103)(H,104,105,106)(H,107,108,109)(H,82,83,84,93). The third-order valence-electron chi connectivity index (χ3n) is 20.3. The molecule has 10 rings (SSSR count). The summed E-state index contributed by atoms with van der Waals surface area (Å²) in [4.78, 5) is 108. The molecule has 0 saturated carbocycles. The van der Waals surface area contributed by atoms with Gasteiger partial charge in [0.05, 0.1) is 50.5 Å². The molecule has 4 atom stereocenters. The minimum Gasteiger partial charge on any atom is -0.480 e. The van der Waals surface area contributed by atoms with E-state index in [1.54, 1.807) is 86.7 Å². The van der Waals surface area contributed by atoms with E-state index in [9.17, 15) is 90.9 Å². The van der Waals surface area contributed by atoms with Crippen molar-refractivity contribution >= 4 is 131 Å². The lowest BCUT2D eigenvalue weighted by molar-refractivity contribution is -0.142. The van der Waals surface area contributed by atoms with Gasteiger partial charge in [-0.15, -0.1) is 0 Å². The van der Waals surface area contributed by atoms with Crippen molar-refractivity contribution in [2.75, 3.05) is 35.2 Å². The van der Waals surface area contributed by atoms with E-state index in [2.05, 4.69) is 46.5 Å². The fourth-order valence-electron chi connectivity index (χ4n) is 13.9. The SMILES string of the molecule is CC(CCNc1ccc2cc(S(=O)(=O)O)ccc2c1C(C)(C)C(=O)C=CC1=C(c2ccc(C(=O)NCCCCC(NC(=O)CCC(NC(=O)c3ccc(NCc4cnc5nc[nH]c(=O)c5n4)cc3)C(=O)O)C(=O)O)cc2)C(=CC=C2N(CCC(C)S(=O)(=O)O)c3ccc4cc(S(=O)(=O)O)ccc4c3C2(C)C)CCC1)S(=O)(=O)O. The van der Waals surface area contributed by atoms with Crippen LogP contribution in [0.1, 0.15) is 149 Å². The fraction of sp³-hybridized carbons (Fsp3) is 0.333. The number of hydrogen-bond acceptors (Lipinski definition) is 21. The second kappa shape index (κ2) is 34.6. The summed E-state index contributed by atoms with van der Waals surface area (Å²) in [5, 5.41) is 33.6. The van der Waals surface area contributed by atoms with E-state index in [1.165, 1.54) is 74.9 Å². The third-order valence-corrected chi connectivity index (χ3v) is 24.5. The van der Waals surface area contributed by atoms with Crippen molar-refractivity contribution in [2.45, 2.75) is 155 Å². The summed E-state index contributed by atoms with van der Waals surface area (Å²) in [6, 6.07) is 24.6. The predicted octanol–water partition coefficient (Wildman–Crippen LogP) is 9.65. The van der Waals surface area contributed by atoms with Gasteiger partial charge in [0.15, 0.2) is 16.9 Å².